The van der Waals surface area contributed by atoms with Crippen LogP contribution in [0.5, 0.6) is 5.75 Å². The van der Waals surface area contributed by atoms with Crippen LogP contribution in [0, 0.1) is 0 Å². The second kappa shape index (κ2) is 4.06. The molecule has 0 spiro atoms. The van der Waals surface area contributed by atoms with Gasteiger partial charge in [-0.15, -0.1) is 0 Å². The molecule has 0 atom stereocenters. The number of rotatable bonds is 1. The number of hydrogen-bond acceptors (Lipinski definition) is 3. The Morgan fingerprint density at radius 1 is 1.57 bits per heavy atom. The molecular weight excluding hydrogens is 312 g/mol. The zero-order chi connectivity index (χ0) is 10.1. The van der Waals surface area contributed by atoms with E-state index in [0.717, 1.165) is 40.3 Å². The molecule has 0 fully saturated rings. The lowest BCUT2D eigenvalue weighted by Crippen LogP contribution is -2.33. The first-order valence-electron chi connectivity index (χ1n) is 4.46. The van der Waals surface area contributed by atoms with Gasteiger partial charge < -0.3 is 9.64 Å². The van der Waals surface area contributed by atoms with Gasteiger partial charge in [0.1, 0.15) is 11.2 Å². The maximum absolute atomic E-state index is 5.57. The van der Waals surface area contributed by atoms with Gasteiger partial charge in [-0.1, -0.05) is 0 Å². The summed E-state index contributed by atoms with van der Waals surface area (Å²) in [5.41, 5.74) is 0. The standard InChI is InChI=1S/C9H10Br2N2O/c1-2-13-3-4-14-8-6(10)5-7(11)12-9(8)13/h5H,2-4H2,1H3. The van der Waals surface area contributed by atoms with Gasteiger partial charge >= 0.3 is 0 Å². The molecule has 0 N–H and O–H groups in total. The lowest BCUT2D eigenvalue weighted by atomic mass is 10.3. The Hall–Kier alpha value is -0.290. The van der Waals surface area contributed by atoms with Crippen molar-refractivity contribution in [2.24, 2.45) is 0 Å². The van der Waals surface area contributed by atoms with E-state index in [9.17, 15) is 0 Å². The smallest absolute Gasteiger partial charge is 0.176 e. The maximum Gasteiger partial charge on any atom is 0.176 e. The number of hydrogen-bond donors (Lipinski definition) is 0. The molecule has 2 rings (SSSR count). The van der Waals surface area contributed by atoms with E-state index in [4.69, 9.17) is 4.74 Å². The van der Waals surface area contributed by atoms with Crippen LogP contribution in [-0.2, 0) is 0 Å². The lowest BCUT2D eigenvalue weighted by Gasteiger charge is -2.29. The number of aromatic nitrogens is 1. The second-order valence-electron chi connectivity index (χ2n) is 3.01. The molecule has 1 aromatic heterocycles. The maximum atomic E-state index is 5.57. The van der Waals surface area contributed by atoms with Gasteiger partial charge in [0, 0.05) is 6.54 Å². The zero-order valence-electron chi connectivity index (χ0n) is 7.76. The molecule has 1 aliphatic rings. The lowest BCUT2D eigenvalue weighted by molar-refractivity contribution is 0.304. The van der Waals surface area contributed by atoms with Crippen LogP contribution in [0.3, 0.4) is 0 Å². The molecule has 0 saturated heterocycles. The highest BCUT2D eigenvalue weighted by Crippen LogP contribution is 2.38. The third kappa shape index (κ3) is 1.75. The van der Waals surface area contributed by atoms with Gasteiger partial charge in [-0.25, -0.2) is 4.98 Å². The van der Waals surface area contributed by atoms with Crippen LogP contribution in [-0.4, -0.2) is 24.7 Å². The highest BCUT2D eigenvalue weighted by atomic mass is 79.9. The van der Waals surface area contributed by atoms with E-state index in [1.807, 2.05) is 6.07 Å². The number of pyridine rings is 1. The summed E-state index contributed by atoms with van der Waals surface area (Å²) >= 11 is 6.84. The summed E-state index contributed by atoms with van der Waals surface area (Å²) in [5.74, 6) is 1.77. The quantitative estimate of drug-likeness (QED) is 0.744. The van der Waals surface area contributed by atoms with Crippen molar-refractivity contribution in [1.82, 2.24) is 4.98 Å². The van der Waals surface area contributed by atoms with Crippen molar-refractivity contribution in [2.45, 2.75) is 6.92 Å². The van der Waals surface area contributed by atoms with Crippen molar-refractivity contribution >= 4 is 37.7 Å². The number of anilines is 1. The molecule has 3 nitrogen and oxygen atoms in total. The van der Waals surface area contributed by atoms with E-state index < -0.39 is 0 Å². The molecule has 0 amide bonds. The van der Waals surface area contributed by atoms with E-state index in [1.54, 1.807) is 0 Å². The molecule has 0 aliphatic carbocycles. The molecule has 14 heavy (non-hydrogen) atoms. The Balaban J connectivity index is 2.51. The molecule has 0 radical (unpaired) electrons. The molecule has 0 bridgehead atoms. The fraction of sp³-hybridized carbons (Fsp3) is 0.444. The van der Waals surface area contributed by atoms with Crippen molar-refractivity contribution in [3.05, 3.63) is 15.1 Å². The summed E-state index contributed by atoms with van der Waals surface area (Å²) in [4.78, 5) is 6.62. The minimum absolute atomic E-state index is 0.725. The molecule has 5 heteroatoms. The van der Waals surface area contributed by atoms with Crippen LogP contribution in [0.15, 0.2) is 15.1 Å². The Morgan fingerprint density at radius 3 is 3.07 bits per heavy atom. The van der Waals surface area contributed by atoms with Crippen LogP contribution >= 0.6 is 31.9 Å². The molecule has 2 heterocycles. The van der Waals surface area contributed by atoms with E-state index in [1.165, 1.54) is 0 Å². The van der Waals surface area contributed by atoms with Gasteiger partial charge in [-0.05, 0) is 44.8 Å². The number of halogens is 2. The second-order valence-corrected chi connectivity index (χ2v) is 4.67. The summed E-state index contributed by atoms with van der Waals surface area (Å²) in [6, 6.07) is 1.90. The third-order valence-electron chi connectivity index (χ3n) is 2.17. The van der Waals surface area contributed by atoms with Crippen molar-refractivity contribution in [3.63, 3.8) is 0 Å². The fourth-order valence-electron chi connectivity index (χ4n) is 1.48. The van der Waals surface area contributed by atoms with Gasteiger partial charge in [0.25, 0.3) is 0 Å². The Morgan fingerprint density at radius 2 is 2.36 bits per heavy atom. The largest absolute Gasteiger partial charge is 0.487 e. The first-order valence-corrected chi connectivity index (χ1v) is 6.04. The molecule has 0 saturated carbocycles. The molecular formula is C9H10Br2N2O. The zero-order valence-corrected chi connectivity index (χ0v) is 10.9. The molecule has 1 aromatic rings. The molecule has 1 aliphatic heterocycles. The first-order chi connectivity index (χ1) is 6.72. The van der Waals surface area contributed by atoms with E-state index in [-0.39, 0.29) is 0 Å². The van der Waals surface area contributed by atoms with Crippen LogP contribution in [0.2, 0.25) is 0 Å². The van der Waals surface area contributed by atoms with Gasteiger partial charge in [0.05, 0.1) is 11.0 Å². The highest BCUT2D eigenvalue weighted by Gasteiger charge is 2.21. The summed E-state index contributed by atoms with van der Waals surface area (Å²) in [6.07, 6.45) is 0. The Bertz CT molecular complexity index is 357. The number of ether oxygens (including phenoxy) is 1. The molecule has 76 valence electrons. The van der Waals surface area contributed by atoms with Crippen LogP contribution in [0.4, 0.5) is 5.82 Å². The van der Waals surface area contributed by atoms with Crippen LogP contribution < -0.4 is 9.64 Å². The topological polar surface area (TPSA) is 25.4 Å². The summed E-state index contributed by atoms with van der Waals surface area (Å²) in [5, 5.41) is 0. The predicted molar refractivity (Wildman–Crippen MR) is 63.0 cm³/mol. The number of fused-ring (bicyclic) bond motifs is 1. The SMILES string of the molecule is CCN1CCOc2c(Br)cc(Br)nc21. The van der Waals surface area contributed by atoms with E-state index in [2.05, 4.69) is 48.7 Å². The van der Waals surface area contributed by atoms with Crippen molar-refractivity contribution in [3.8, 4) is 5.75 Å². The van der Waals surface area contributed by atoms with Crippen LogP contribution in [0.1, 0.15) is 6.92 Å². The Kier molecular flexibility index (Phi) is 2.97. The predicted octanol–water partition coefficient (Wildman–Crippen LogP) is 2.83. The van der Waals surface area contributed by atoms with E-state index >= 15 is 0 Å². The normalized spacial score (nSPS) is 14.9. The van der Waals surface area contributed by atoms with Crippen LogP contribution in [0.25, 0.3) is 0 Å². The van der Waals surface area contributed by atoms with Gasteiger partial charge in [0.15, 0.2) is 11.6 Å². The molecule has 0 aromatic carbocycles. The monoisotopic (exact) mass is 320 g/mol. The van der Waals surface area contributed by atoms with Gasteiger partial charge in [0.2, 0.25) is 0 Å². The molecule has 0 unspecified atom stereocenters. The van der Waals surface area contributed by atoms with Gasteiger partial charge in [-0.2, -0.15) is 0 Å². The average Bonchev–Trinajstić information content (AvgIpc) is 2.17. The minimum atomic E-state index is 0.725. The number of likely N-dealkylation sites (N-methyl/N-ethyl adjacent to an activating group) is 1. The number of nitrogens with zero attached hydrogens (tertiary/aromatic N) is 2. The van der Waals surface area contributed by atoms with Gasteiger partial charge in [-0.3, -0.25) is 0 Å². The van der Waals surface area contributed by atoms with Crippen molar-refractivity contribution in [1.29, 1.82) is 0 Å². The average molecular weight is 322 g/mol. The third-order valence-corrected chi connectivity index (χ3v) is 3.16. The Labute approximate surface area is 99.7 Å². The van der Waals surface area contributed by atoms with Crippen molar-refractivity contribution < 1.29 is 4.74 Å². The first kappa shape index (κ1) is 10.2. The summed E-state index contributed by atoms with van der Waals surface area (Å²) in [6.45, 7) is 4.69. The summed E-state index contributed by atoms with van der Waals surface area (Å²) in [7, 11) is 0. The minimum Gasteiger partial charge on any atom is -0.487 e. The van der Waals surface area contributed by atoms with E-state index in [0.29, 0.717) is 0 Å². The highest BCUT2D eigenvalue weighted by molar-refractivity contribution is 9.11. The fourth-order valence-corrected chi connectivity index (χ4v) is 2.69. The van der Waals surface area contributed by atoms with Crippen molar-refractivity contribution in [2.75, 3.05) is 24.6 Å². The summed E-state index contributed by atoms with van der Waals surface area (Å²) < 4.78 is 7.35.